The number of esters is 1. The molecule has 0 spiro atoms. The van der Waals surface area contributed by atoms with Gasteiger partial charge < -0.3 is 10.1 Å². The van der Waals surface area contributed by atoms with Crippen LogP contribution in [0.3, 0.4) is 0 Å². The Kier molecular flexibility index (Phi) is 3.90. The lowest BCUT2D eigenvalue weighted by molar-refractivity contribution is -0.141. The molecule has 14 heavy (non-hydrogen) atoms. The minimum Gasteiger partial charge on any atom is -0.469 e. The van der Waals surface area contributed by atoms with Gasteiger partial charge in [-0.05, 0) is 25.8 Å². The zero-order valence-electron chi connectivity index (χ0n) is 8.51. The Balaban J connectivity index is 2.45. The Labute approximate surface area is 84.2 Å². The fourth-order valence-electron chi connectivity index (χ4n) is 1.78. The quantitative estimate of drug-likeness (QED) is 0.679. The summed E-state index contributed by atoms with van der Waals surface area (Å²) in [5.41, 5.74) is -0.355. The minimum atomic E-state index is -0.355. The Morgan fingerprint density at radius 2 is 2.50 bits per heavy atom. The Morgan fingerprint density at radius 3 is 3.00 bits per heavy atom. The number of nitrogens with zero attached hydrogens (tertiary/aromatic N) is 1. The minimum absolute atomic E-state index is 0.231. The molecule has 0 aromatic rings. The second kappa shape index (κ2) is 4.97. The molecule has 0 bridgehead atoms. The average Bonchev–Trinajstić information content (AvgIpc) is 2.27. The number of carbonyl (C=O) groups is 1. The summed E-state index contributed by atoms with van der Waals surface area (Å²) in [7, 11) is 1.38. The molecule has 0 aliphatic carbocycles. The predicted molar refractivity (Wildman–Crippen MR) is 51.4 cm³/mol. The van der Waals surface area contributed by atoms with Gasteiger partial charge in [0.05, 0.1) is 18.6 Å². The van der Waals surface area contributed by atoms with Crippen molar-refractivity contribution >= 4 is 5.97 Å². The highest BCUT2D eigenvalue weighted by molar-refractivity contribution is 5.69. The maximum atomic E-state index is 11.0. The summed E-state index contributed by atoms with van der Waals surface area (Å²) in [6.07, 6.45) is 2.83. The van der Waals surface area contributed by atoms with Crippen molar-refractivity contribution in [2.75, 3.05) is 20.2 Å². The van der Waals surface area contributed by atoms with E-state index in [0.29, 0.717) is 19.4 Å². The number of carbonyl (C=O) groups excluding carboxylic acids is 1. The highest BCUT2D eigenvalue weighted by Gasteiger charge is 2.32. The van der Waals surface area contributed by atoms with Gasteiger partial charge in [-0.25, -0.2) is 0 Å². The summed E-state index contributed by atoms with van der Waals surface area (Å²) in [5, 5.41) is 12.3. The number of piperidine rings is 1. The van der Waals surface area contributed by atoms with Gasteiger partial charge in [0, 0.05) is 13.0 Å². The molecule has 1 unspecified atom stereocenters. The lowest BCUT2D eigenvalue weighted by Crippen LogP contribution is -2.39. The Morgan fingerprint density at radius 1 is 1.71 bits per heavy atom. The predicted octanol–water partition coefficient (Wildman–Crippen LogP) is 0.833. The van der Waals surface area contributed by atoms with Crippen LogP contribution in [0.4, 0.5) is 0 Å². The third-order valence-corrected chi connectivity index (χ3v) is 2.74. The van der Waals surface area contributed by atoms with Crippen LogP contribution in [0.15, 0.2) is 0 Å². The molecule has 1 aliphatic rings. The van der Waals surface area contributed by atoms with E-state index in [-0.39, 0.29) is 11.4 Å². The third-order valence-electron chi connectivity index (χ3n) is 2.74. The van der Waals surface area contributed by atoms with Crippen LogP contribution in [0.25, 0.3) is 0 Å². The summed E-state index contributed by atoms with van der Waals surface area (Å²) in [5.74, 6) is -0.231. The molecule has 4 nitrogen and oxygen atoms in total. The molecule has 0 amide bonds. The smallest absolute Gasteiger partial charge is 0.305 e. The topological polar surface area (TPSA) is 62.1 Å². The van der Waals surface area contributed by atoms with E-state index in [1.165, 1.54) is 7.11 Å². The van der Waals surface area contributed by atoms with Crippen LogP contribution in [0.2, 0.25) is 0 Å². The van der Waals surface area contributed by atoms with Crippen LogP contribution >= 0.6 is 0 Å². The fourth-order valence-corrected chi connectivity index (χ4v) is 1.78. The molecule has 78 valence electrons. The molecule has 1 aliphatic heterocycles. The van der Waals surface area contributed by atoms with Crippen molar-refractivity contribution in [1.82, 2.24) is 5.32 Å². The molecule has 0 aromatic carbocycles. The third kappa shape index (κ3) is 2.71. The number of methoxy groups -OCH3 is 1. The molecular formula is C10H16N2O2. The summed E-state index contributed by atoms with van der Waals surface area (Å²) in [4.78, 5) is 11.0. The van der Waals surface area contributed by atoms with Gasteiger partial charge in [-0.2, -0.15) is 5.26 Å². The number of hydrogen-bond acceptors (Lipinski definition) is 4. The monoisotopic (exact) mass is 196 g/mol. The summed E-state index contributed by atoms with van der Waals surface area (Å²) in [6, 6.07) is 2.33. The lowest BCUT2D eigenvalue weighted by atomic mass is 9.78. The molecule has 4 heteroatoms. The molecule has 0 saturated carbocycles. The van der Waals surface area contributed by atoms with E-state index in [9.17, 15) is 4.79 Å². The Hall–Kier alpha value is -1.08. The first-order valence-corrected chi connectivity index (χ1v) is 4.91. The zero-order valence-corrected chi connectivity index (χ0v) is 8.51. The van der Waals surface area contributed by atoms with Crippen molar-refractivity contribution in [3.63, 3.8) is 0 Å². The van der Waals surface area contributed by atoms with Crippen LogP contribution in [0, 0.1) is 16.7 Å². The SMILES string of the molecule is COC(=O)CCC1(C#N)CCCNC1. The highest BCUT2D eigenvalue weighted by atomic mass is 16.5. The first-order valence-electron chi connectivity index (χ1n) is 4.91. The van der Waals surface area contributed by atoms with Gasteiger partial charge in [-0.1, -0.05) is 0 Å². The van der Waals surface area contributed by atoms with Crippen LogP contribution in [-0.2, 0) is 9.53 Å². The van der Waals surface area contributed by atoms with Crippen LogP contribution in [-0.4, -0.2) is 26.2 Å². The van der Waals surface area contributed by atoms with Gasteiger partial charge in [0.25, 0.3) is 0 Å². The molecule has 1 N–H and O–H groups in total. The van der Waals surface area contributed by atoms with E-state index in [1.807, 2.05) is 0 Å². The van der Waals surface area contributed by atoms with Gasteiger partial charge in [-0.15, -0.1) is 0 Å². The normalized spacial score (nSPS) is 26.6. The van der Waals surface area contributed by atoms with Crippen molar-refractivity contribution in [1.29, 1.82) is 5.26 Å². The zero-order chi connectivity index (χ0) is 10.4. The standard InChI is InChI=1S/C10H16N2O2/c1-14-9(13)3-5-10(7-11)4-2-6-12-8-10/h12H,2-6,8H2,1H3. The van der Waals surface area contributed by atoms with Crippen molar-refractivity contribution < 1.29 is 9.53 Å². The first-order chi connectivity index (χ1) is 6.72. The van der Waals surface area contributed by atoms with Crippen molar-refractivity contribution in [2.24, 2.45) is 5.41 Å². The van der Waals surface area contributed by atoms with Crippen molar-refractivity contribution in [2.45, 2.75) is 25.7 Å². The average molecular weight is 196 g/mol. The molecule has 0 radical (unpaired) electrons. The lowest BCUT2D eigenvalue weighted by Gasteiger charge is -2.30. The number of hydrogen-bond donors (Lipinski definition) is 1. The molecule has 1 rings (SSSR count). The van der Waals surface area contributed by atoms with Gasteiger partial charge in [0.1, 0.15) is 0 Å². The molecule has 1 atom stereocenters. The van der Waals surface area contributed by atoms with Crippen LogP contribution < -0.4 is 5.32 Å². The Bertz CT molecular complexity index is 239. The number of nitriles is 1. The second-order valence-corrected chi connectivity index (χ2v) is 3.75. The van der Waals surface area contributed by atoms with E-state index in [4.69, 9.17) is 5.26 Å². The highest BCUT2D eigenvalue weighted by Crippen LogP contribution is 2.30. The maximum absolute atomic E-state index is 11.0. The molecule has 1 heterocycles. The van der Waals surface area contributed by atoms with Crippen molar-refractivity contribution in [3.8, 4) is 6.07 Å². The number of ether oxygens (including phenoxy) is 1. The van der Waals surface area contributed by atoms with E-state index in [2.05, 4.69) is 16.1 Å². The van der Waals surface area contributed by atoms with E-state index in [0.717, 1.165) is 19.4 Å². The van der Waals surface area contributed by atoms with E-state index >= 15 is 0 Å². The van der Waals surface area contributed by atoms with Gasteiger partial charge in [0.15, 0.2) is 0 Å². The second-order valence-electron chi connectivity index (χ2n) is 3.75. The van der Waals surface area contributed by atoms with Gasteiger partial charge in [-0.3, -0.25) is 4.79 Å². The molecular weight excluding hydrogens is 180 g/mol. The molecule has 1 saturated heterocycles. The largest absolute Gasteiger partial charge is 0.469 e. The summed E-state index contributed by atoms with van der Waals surface area (Å²) in [6.45, 7) is 1.67. The molecule has 0 aromatic heterocycles. The summed E-state index contributed by atoms with van der Waals surface area (Å²) >= 11 is 0. The van der Waals surface area contributed by atoms with E-state index < -0.39 is 0 Å². The fraction of sp³-hybridized carbons (Fsp3) is 0.800. The van der Waals surface area contributed by atoms with Crippen LogP contribution in [0.1, 0.15) is 25.7 Å². The number of nitrogens with one attached hydrogen (secondary N) is 1. The van der Waals surface area contributed by atoms with E-state index in [1.54, 1.807) is 0 Å². The number of rotatable bonds is 3. The maximum Gasteiger partial charge on any atom is 0.305 e. The van der Waals surface area contributed by atoms with Crippen LogP contribution in [0.5, 0.6) is 0 Å². The summed E-state index contributed by atoms with van der Waals surface area (Å²) < 4.78 is 4.56. The first kappa shape index (κ1) is 11.0. The van der Waals surface area contributed by atoms with Gasteiger partial charge in [0.2, 0.25) is 0 Å². The molecule has 1 fully saturated rings. The van der Waals surface area contributed by atoms with Gasteiger partial charge >= 0.3 is 5.97 Å². The van der Waals surface area contributed by atoms with Crippen molar-refractivity contribution in [3.05, 3.63) is 0 Å².